The van der Waals surface area contributed by atoms with E-state index in [4.69, 9.17) is 11.2 Å². The lowest BCUT2D eigenvalue weighted by atomic mass is 10.1. The Morgan fingerprint density at radius 2 is 2.50 bits per heavy atom. The first kappa shape index (κ1) is 5.65. The predicted molar refractivity (Wildman–Crippen MR) is 32.4 cm³/mol. The van der Waals surface area contributed by atoms with E-state index in [1.807, 2.05) is 6.92 Å². The van der Waals surface area contributed by atoms with Crippen LogP contribution in [0.1, 0.15) is 13.3 Å². The molecule has 0 aromatic rings. The van der Waals surface area contributed by atoms with Crippen LogP contribution >= 0.6 is 0 Å². The molecule has 2 unspecified atom stereocenters. The summed E-state index contributed by atoms with van der Waals surface area (Å²) in [4.78, 5) is 0. The lowest BCUT2D eigenvalue weighted by Gasteiger charge is -2.03. The van der Waals surface area contributed by atoms with Gasteiger partial charge in [0, 0.05) is 12.5 Å². The zero-order chi connectivity index (χ0) is 5.98. The molecule has 1 rings (SSSR count). The summed E-state index contributed by atoms with van der Waals surface area (Å²) >= 11 is 0. The molecule has 0 bridgehead atoms. The summed E-state index contributed by atoms with van der Waals surface area (Å²) in [6, 6.07) is 0. The summed E-state index contributed by atoms with van der Waals surface area (Å²) in [7, 11) is 0. The Morgan fingerprint density at radius 3 is 2.75 bits per heavy atom. The molecule has 0 radical (unpaired) electrons. The molecule has 2 atom stereocenters. The fraction of sp³-hybridized carbons (Fsp3) is 0.714. The Morgan fingerprint density at radius 1 is 1.75 bits per heavy atom. The second-order valence-corrected chi connectivity index (χ2v) is 2.14. The maximum absolute atomic E-state index is 5.21. The summed E-state index contributed by atoms with van der Waals surface area (Å²) in [6.45, 7) is 2.87. The van der Waals surface area contributed by atoms with Crippen LogP contribution in [-0.2, 0) is 4.74 Å². The van der Waals surface area contributed by atoms with Gasteiger partial charge in [0.15, 0.2) is 0 Å². The van der Waals surface area contributed by atoms with E-state index in [-0.39, 0.29) is 0 Å². The van der Waals surface area contributed by atoms with E-state index >= 15 is 0 Å². The molecule has 8 heavy (non-hydrogen) atoms. The van der Waals surface area contributed by atoms with E-state index in [9.17, 15) is 0 Å². The average molecular weight is 110 g/mol. The van der Waals surface area contributed by atoms with Crippen LogP contribution < -0.4 is 0 Å². The molecule has 0 aromatic heterocycles. The summed E-state index contributed by atoms with van der Waals surface area (Å²) in [5.41, 5.74) is 0. The zero-order valence-electron chi connectivity index (χ0n) is 5.05. The molecular weight excluding hydrogens is 100 g/mol. The van der Waals surface area contributed by atoms with Crippen LogP contribution in [0.15, 0.2) is 0 Å². The quantitative estimate of drug-likeness (QED) is 0.423. The smallest absolute Gasteiger partial charge is 0.0685 e. The Bertz CT molecular complexity index is 112. The molecule has 0 aliphatic carbocycles. The van der Waals surface area contributed by atoms with Crippen molar-refractivity contribution in [2.24, 2.45) is 5.92 Å². The van der Waals surface area contributed by atoms with Gasteiger partial charge < -0.3 is 4.74 Å². The SMILES string of the molecule is C#CC1CCOC1C. The highest BCUT2D eigenvalue weighted by atomic mass is 16.5. The number of rotatable bonds is 0. The van der Waals surface area contributed by atoms with Crippen LogP contribution in [0.5, 0.6) is 0 Å². The van der Waals surface area contributed by atoms with Gasteiger partial charge in [-0.2, -0.15) is 0 Å². The van der Waals surface area contributed by atoms with E-state index in [0.29, 0.717) is 12.0 Å². The van der Waals surface area contributed by atoms with Gasteiger partial charge in [0.05, 0.1) is 6.10 Å². The maximum atomic E-state index is 5.21. The summed E-state index contributed by atoms with van der Waals surface area (Å²) in [6.07, 6.45) is 6.53. The van der Waals surface area contributed by atoms with Gasteiger partial charge in [-0.1, -0.05) is 0 Å². The Hall–Kier alpha value is -0.480. The minimum atomic E-state index is 0.292. The zero-order valence-corrected chi connectivity index (χ0v) is 5.05. The molecule has 1 heterocycles. The van der Waals surface area contributed by atoms with Gasteiger partial charge in [0.1, 0.15) is 0 Å². The van der Waals surface area contributed by atoms with Gasteiger partial charge in [-0.25, -0.2) is 0 Å². The highest BCUT2D eigenvalue weighted by Gasteiger charge is 2.21. The van der Waals surface area contributed by atoms with E-state index in [0.717, 1.165) is 13.0 Å². The minimum Gasteiger partial charge on any atom is -0.377 e. The van der Waals surface area contributed by atoms with Crippen molar-refractivity contribution < 1.29 is 4.74 Å². The van der Waals surface area contributed by atoms with E-state index in [1.165, 1.54) is 0 Å². The number of terminal acetylenes is 1. The topological polar surface area (TPSA) is 9.23 Å². The number of ether oxygens (including phenoxy) is 1. The molecule has 0 saturated carbocycles. The highest BCUT2D eigenvalue weighted by Crippen LogP contribution is 2.18. The van der Waals surface area contributed by atoms with Crippen LogP contribution in [0.25, 0.3) is 0 Å². The van der Waals surface area contributed by atoms with Crippen LogP contribution in [-0.4, -0.2) is 12.7 Å². The van der Waals surface area contributed by atoms with Crippen molar-refractivity contribution in [2.45, 2.75) is 19.4 Å². The van der Waals surface area contributed by atoms with E-state index in [2.05, 4.69) is 5.92 Å². The largest absolute Gasteiger partial charge is 0.377 e. The second-order valence-electron chi connectivity index (χ2n) is 2.14. The summed E-state index contributed by atoms with van der Waals surface area (Å²) in [5, 5.41) is 0. The Labute approximate surface area is 50.0 Å². The van der Waals surface area contributed by atoms with Gasteiger partial charge >= 0.3 is 0 Å². The molecule has 1 heteroatoms. The number of hydrogen-bond donors (Lipinski definition) is 0. The molecule has 1 fully saturated rings. The second kappa shape index (κ2) is 2.19. The first-order chi connectivity index (χ1) is 3.84. The molecule has 0 N–H and O–H groups in total. The van der Waals surface area contributed by atoms with E-state index in [1.54, 1.807) is 0 Å². The first-order valence-electron chi connectivity index (χ1n) is 2.92. The standard InChI is InChI=1S/C7H10O/c1-3-7-4-5-8-6(7)2/h1,6-7H,4-5H2,2H3. The lowest BCUT2D eigenvalue weighted by molar-refractivity contribution is 0.115. The van der Waals surface area contributed by atoms with Gasteiger partial charge in [-0.15, -0.1) is 12.3 Å². The van der Waals surface area contributed by atoms with Crippen LogP contribution in [0.4, 0.5) is 0 Å². The Balaban J connectivity index is 2.45. The van der Waals surface area contributed by atoms with Crippen molar-refractivity contribution in [2.75, 3.05) is 6.61 Å². The monoisotopic (exact) mass is 110 g/mol. The van der Waals surface area contributed by atoms with Crippen molar-refractivity contribution in [3.8, 4) is 12.3 Å². The molecule has 1 nitrogen and oxygen atoms in total. The number of hydrogen-bond acceptors (Lipinski definition) is 1. The van der Waals surface area contributed by atoms with Crippen molar-refractivity contribution >= 4 is 0 Å². The van der Waals surface area contributed by atoms with Crippen molar-refractivity contribution in [1.29, 1.82) is 0 Å². The molecule has 1 aliphatic heterocycles. The lowest BCUT2D eigenvalue weighted by Crippen LogP contribution is -2.07. The third kappa shape index (κ3) is 0.850. The predicted octanol–water partition coefficient (Wildman–Crippen LogP) is 1.04. The molecule has 1 aliphatic rings. The first-order valence-corrected chi connectivity index (χ1v) is 2.92. The molecule has 0 aromatic carbocycles. The summed E-state index contributed by atoms with van der Waals surface area (Å²) < 4.78 is 5.21. The molecule has 0 amide bonds. The molecule has 1 saturated heterocycles. The van der Waals surface area contributed by atoms with Crippen molar-refractivity contribution in [3.05, 3.63) is 0 Å². The highest BCUT2D eigenvalue weighted by molar-refractivity contribution is 4.98. The van der Waals surface area contributed by atoms with Crippen LogP contribution in [0.3, 0.4) is 0 Å². The fourth-order valence-corrected chi connectivity index (χ4v) is 0.951. The van der Waals surface area contributed by atoms with Gasteiger partial charge in [-0.3, -0.25) is 0 Å². The molecular formula is C7H10O. The fourth-order valence-electron chi connectivity index (χ4n) is 0.951. The average Bonchev–Trinajstić information content (AvgIpc) is 2.14. The third-order valence-corrected chi connectivity index (χ3v) is 1.59. The van der Waals surface area contributed by atoms with Crippen molar-refractivity contribution in [1.82, 2.24) is 0 Å². The normalized spacial score (nSPS) is 37.0. The maximum Gasteiger partial charge on any atom is 0.0685 e. The molecule has 44 valence electrons. The van der Waals surface area contributed by atoms with Gasteiger partial charge in [0.2, 0.25) is 0 Å². The molecule has 0 spiro atoms. The minimum absolute atomic E-state index is 0.292. The van der Waals surface area contributed by atoms with Crippen LogP contribution in [0, 0.1) is 18.3 Å². The third-order valence-electron chi connectivity index (χ3n) is 1.59. The van der Waals surface area contributed by atoms with E-state index < -0.39 is 0 Å². The summed E-state index contributed by atoms with van der Waals surface area (Å²) in [5.74, 6) is 3.06. The van der Waals surface area contributed by atoms with Crippen molar-refractivity contribution in [3.63, 3.8) is 0 Å². The van der Waals surface area contributed by atoms with Gasteiger partial charge in [-0.05, 0) is 13.3 Å². The van der Waals surface area contributed by atoms with Gasteiger partial charge in [0.25, 0.3) is 0 Å². The van der Waals surface area contributed by atoms with Crippen LogP contribution in [0.2, 0.25) is 0 Å². The Kier molecular flexibility index (Phi) is 1.55.